The average molecular weight is 422 g/mol. The van der Waals surface area contributed by atoms with E-state index in [0.29, 0.717) is 31.2 Å². The highest BCUT2D eigenvalue weighted by Gasteiger charge is 2.40. The zero-order valence-corrected chi connectivity index (χ0v) is 17.7. The molecule has 0 radical (unpaired) electrons. The Labute approximate surface area is 179 Å². The van der Waals surface area contributed by atoms with Crippen LogP contribution in [0.25, 0.3) is 0 Å². The van der Waals surface area contributed by atoms with Gasteiger partial charge in [-0.05, 0) is 68.9 Å². The van der Waals surface area contributed by atoms with Crippen molar-refractivity contribution in [1.82, 2.24) is 0 Å². The van der Waals surface area contributed by atoms with Gasteiger partial charge in [0.05, 0.1) is 12.2 Å². The number of carbonyl (C=O) groups excluding carboxylic acids is 1. The maximum atomic E-state index is 12.3. The van der Waals surface area contributed by atoms with E-state index in [1.54, 1.807) is 19.1 Å². The summed E-state index contributed by atoms with van der Waals surface area (Å²) in [7, 11) is 0. The van der Waals surface area contributed by atoms with Crippen LogP contribution in [-0.2, 0) is 4.79 Å². The van der Waals surface area contributed by atoms with Crippen molar-refractivity contribution >= 4 is 5.97 Å². The smallest absolute Gasteiger partial charge is 0.126 e. The largest absolute Gasteiger partial charge is 0.550 e. The van der Waals surface area contributed by atoms with Gasteiger partial charge in [0.15, 0.2) is 0 Å². The van der Waals surface area contributed by atoms with E-state index < -0.39 is 24.3 Å². The fourth-order valence-corrected chi connectivity index (χ4v) is 3.97. The second-order valence-electron chi connectivity index (χ2n) is 8.03. The minimum Gasteiger partial charge on any atom is -0.550 e. The van der Waals surface area contributed by atoms with Crippen LogP contribution in [0, 0.1) is 36.9 Å². The topological polar surface area (TPSA) is 101 Å². The Morgan fingerprint density at radius 1 is 1.17 bits per heavy atom. The van der Waals surface area contributed by atoms with Gasteiger partial charge in [-0.3, -0.25) is 0 Å². The number of rotatable bonds is 10. The first-order valence-electron chi connectivity index (χ1n) is 10.7. The molecule has 1 aromatic rings. The van der Waals surface area contributed by atoms with Gasteiger partial charge in [-0.25, -0.2) is 4.39 Å². The Kier molecular flexibility index (Phi) is 12.3. The van der Waals surface area contributed by atoms with E-state index in [2.05, 4.69) is 5.92 Å². The van der Waals surface area contributed by atoms with Gasteiger partial charge in [0.2, 0.25) is 0 Å². The van der Waals surface area contributed by atoms with Crippen molar-refractivity contribution in [3.63, 3.8) is 0 Å². The lowest BCUT2D eigenvalue weighted by Crippen LogP contribution is -2.23. The van der Waals surface area contributed by atoms with E-state index in [0.717, 1.165) is 25.7 Å². The van der Waals surface area contributed by atoms with Crippen molar-refractivity contribution < 1.29 is 29.6 Å². The number of benzene rings is 1. The van der Waals surface area contributed by atoms with Crippen LogP contribution in [0.3, 0.4) is 0 Å². The van der Waals surface area contributed by atoms with Crippen LogP contribution in [0.15, 0.2) is 24.3 Å². The Bertz CT molecular complexity index is 651. The summed E-state index contributed by atoms with van der Waals surface area (Å²) in [5, 5.41) is 39.9. The standard InChI is InChI=1S/C17H28O5.C7H7F/c1-2-12(18)9-10-14-13(15(19)11-16(14)20)7-5-3-4-6-8-17(21)22;1-6-4-2-3-5-7(6)8/h1,12-16,18-20H,3-11H2,(H,21,22);2-5H,1H3/p-1/t12-,13+,14+,15-,16+;/m0./s1. The SMILES string of the molecule is C#C[C@H](O)CC[C@@H]1[C@@H](CCCCCCC(=O)[O-])[C@@H](O)C[C@H]1O.Cc1ccccc1F. The van der Waals surface area contributed by atoms with Crippen LogP contribution in [0.2, 0.25) is 0 Å². The second-order valence-corrected chi connectivity index (χ2v) is 8.03. The van der Waals surface area contributed by atoms with Gasteiger partial charge >= 0.3 is 0 Å². The van der Waals surface area contributed by atoms with Crippen LogP contribution in [0.4, 0.5) is 4.39 Å². The number of aryl methyl sites for hydroxylation is 1. The highest BCUT2D eigenvalue weighted by atomic mass is 19.1. The lowest BCUT2D eigenvalue weighted by molar-refractivity contribution is -0.305. The first kappa shape index (κ1) is 26.1. The maximum absolute atomic E-state index is 12.3. The monoisotopic (exact) mass is 421 g/mol. The molecule has 5 nitrogen and oxygen atoms in total. The molecule has 6 heteroatoms. The summed E-state index contributed by atoms with van der Waals surface area (Å²) in [6.45, 7) is 1.75. The fourth-order valence-electron chi connectivity index (χ4n) is 3.97. The summed E-state index contributed by atoms with van der Waals surface area (Å²) in [5.41, 5.74) is 0.701. The Morgan fingerprint density at radius 2 is 1.77 bits per heavy atom. The van der Waals surface area contributed by atoms with E-state index in [1.807, 2.05) is 6.07 Å². The molecule has 0 amide bonds. The molecule has 2 rings (SSSR count). The number of aliphatic hydroxyl groups excluding tert-OH is 3. The summed E-state index contributed by atoms with van der Waals surface area (Å²) in [5.74, 6) is 1.12. The molecule has 1 aromatic carbocycles. The van der Waals surface area contributed by atoms with Crippen molar-refractivity contribution in [3.05, 3.63) is 35.6 Å². The molecule has 0 aliphatic heterocycles. The van der Waals surface area contributed by atoms with Gasteiger partial charge in [-0.1, -0.05) is 43.4 Å². The zero-order chi connectivity index (χ0) is 22.5. The second kappa shape index (κ2) is 14.1. The zero-order valence-electron chi connectivity index (χ0n) is 17.7. The van der Waals surface area contributed by atoms with Gasteiger partial charge in [0.1, 0.15) is 11.9 Å². The van der Waals surface area contributed by atoms with Crippen LogP contribution < -0.4 is 5.11 Å². The van der Waals surface area contributed by atoms with Crippen molar-refractivity contribution in [2.75, 3.05) is 0 Å². The molecule has 168 valence electrons. The molecule has 1 aliphatic rings. The normalized spacial score (nSPS) is 23.9. The van der Waals surface area contributed by atoms with Crippen LogP contribution in [0.1, 0.15) is 63.4 Å². The number of unbranched alkanes of at least 4 members (excludes halogenated alkanes) is 3. The number of carbonyl (C=O) groups is 1. The quantitative estimate of drug-likeness (QED) is 0.398. The van der Waals surface area contributed by atoms with Gasteiger partial charge in [-0.15, -0.1) is 6.42 Å². The molecule has 30 heavy (non-hydrogen) atoms. The van der Waals surface area contributed by atoms with Gasteiger partial charge in [0, 0.05) is 5.97 Å². The van der Waals surface area contributed by atoms with E-state index in [9.17, 15) is 29.6 Å². The number of carboxylic acids is 1. The van der Waals surface area contributed by atoms with Gasteiger partial charge in [0.25, 0.3) is 0 Å². The molecule has 3 N–H and O–H groups in total. The average Bonchev–Trinajstić information content (AvgIpc) is 2.97. The van der Waals surface area contributed by atoms with E-state index in [-0.39, 0.29) is 24.1 Å². The number of hydrogen-bond acceptors (Lipinski definition) is 5. The summed E-state index contributed by atoms with van der Waals surface area (Å²) in [6.07, 6.45) is 8.89. The minimum atomic E-state index is -1.01. The highest BCUT2D eigenvalue weighted by molar-refractivity contribution is 5.64. The summed E-state index contributed by atoms with van der Waals surface area (Å²) >= 11 is 0. The molecule has 0 bridgehead atoms. The van der Waals surface area contributed by atoms with Gasteiger partial charge < -0.3 is 25.2 Å². The fraction of sp³-hybridized carbons (Fsp3) is 0.625. The van der Waals surface area contributed by atoms with Crippen molar-refractivity contribution in [1.29, 1.82) is 0 Å². The molecular weight excluding hydrogens is 387 g/mol. The van der Waals surface area contributed by atoms with Crippen LogP contribution in [-0.4, -0.2) is 39.6 Å². The summed E-state index contributed by atoms with van der Waals surface area (Å²) in [4.78, 5) is 10.3. The van der Waals surface area contributed by atoms with Gasteiger partial charge in [-0.2, -0.15) is 0 Å². The Balaban J connectivity index is 0.000000467. The number of carboxylic acid groups (broad SMARTS) is 1. The first-order valence-corrected chi connectivity index (χ1v) is 10.7. The van der Waals surface area contributed by atoms with Crippen molar-refractivity contribution in [2.45, 2.75) is 83.0 Å². The third-order valence-electron chi connectivity index (χ3n) is 5.73. The third-order valence-corrected chi connectivity index (χ3v) is 5.73. The molecule has 0 aromatic heterocycles. The molecule has 5 atom stereocenters. The Hall–Kier alpha value is -1.94. The van der Waals surface area contributed by atoms with E-state index >= 15 is 0 Å². The maximum Gasteiger partial charge on any atom is 0.126 e. The molecule has 0 spiro atoms. The number of hydrogen-bond donors (Lipinski definition) is 3. The van der Waals surface area contributed by atoms with Crippen LogP contribution in [0.5, 0.6) is 0 Å². The first-order chi connectivity index (χ1) is 14.3. The lowest BCUT2D eigenvalue weighted by Gasteiger charge is -2.24. The highest BCUT2D eigenvalue weighted by Crippen LogP contribution is 2.39. The molecular formula is C24H34FO5-. The molecule has 0 unspecified atom stereocenters. The summed E-state index contributed by atoms with van der Waals surface area (Å²) in [6, 6.07) is 6.70. The van der Waals surface area contributed by atoms with Crippen molar-refractivity contribution in [2.24, 2.45) is 11.8 Å². The van der Waals surface area contributed by atoms with Crippen LogP contribution >= 0.6 is 0 Å². The number of terminal acetylenes is 1. The number of aliphatic carboxylic acids is 1. The van der Waals surface area contributed by atoms with E-state index in [4.69, 9.17) is 6.42 Å². The molecule has 0 saturated heterocycles. The lowest BCUT2D eigenvalue weighted by atomic mass is 9.85. The molecule has 0 heterocycles. The third kappa shape index (κ3) is 9.71. The minimum absolute atomic E-state index is 0.0266. The molecule has 1 saturated carbocycles. The van der Waals surface area contributed by atoms with Crippen molar-refractivity contribution in [3.8, 4) is 12.3 Å². The van der Waals surface area contributed by atoms with E-state index in [1.165, 1.54) is 6.07 Å². The molecule has 1 aliphatic carbocycles. The summed E-state index contributed by atoms with van der Waals surface area (Å²) < 4.78 is 12.3. The predicted octanol–water partition coefficient (Wildman–Crippen LogP) is 2.34. The number of halogens is 1. The Morgan fingerprint density at radius 3 is 2.30 bits per heavy atom. The predicted molar refractivity (Wildman–Crippen MR) is 112 cm³/mol. The number of aliphatic hydroxyl groups is 3. The molecule has 1 fully saturated rings.